The van der Waals surface area contributed by atoms with Gasteiger partial charge in [-0.2, -0.15) is 23.7 Å². The molecule has 5 aromatic rings. The van der Waals surface area contributed by atoms with Crippen molar-refractivity contribution in [3.63, 3.8) is 0 Å². The van der Waals surface area contributed by atoms with E-state index in [0.717, 1.165) is 30.6 Å². The Morgan fingerprint density at radius 1 is 0.762 bits per heavy atom. The zero-order valence-electron chi connectivity index (χ0n) is 35.2. The molecule has 0 aliphatic heterocycles. The van der Waals surface area contributed by atoms with E-state index in [4.69, 9.17) is 4.74 Å². The summed E-state index contributed by atoms with van der Waals surface area (Å²) in [7, 11) is -7.40. The Labute approximate surface area is 368 Å². The lowest BCUT2D eigenvalue weighted by Gasteiger charge is -2.18. The van der Waals surface area contributed by atoms with Crippen molar-refractivity contribution < 1.29 is 36.0 Å². The van der Waals surface area contributed by atoms with Crippen LogP contribution in [0.4, 0.5) is 39.8 Å². The van der Waals surface area contributed by atoms with Crippen molar-refractivity contribution >= 4 is 77.5 Å². The molecule has 0 bridgehead atoms. The highest BCUT2D eigenvalue weighted by Crippen LogP contribution is 2.35. The number of aliphatic hydroxyl groups excluding tert-OH is 1. The van der Waals surface area contributed by atoms with Crippen LogP contribution in [0.3, 0.4) is 0 Å². The van der Waals surface area contributed by atoms with E-state index in [1.54, 1.807) is 61.5 Å². The summed E-state index contributed by atoms with van der Waals surface area (Å²) in [5.74, 6) is -0.489. The molecule has 5 aromatic carbocycles. The maximum Gasteiger partial charge on any atom is 0.296 e. The maximum atomic E-state index is 13.6. The third kappa shape index (κ3) is 12.6. The number of anilines is 5. The number of carbonyl (C=O) groups is 1. The molecule has 17 heteroatoms. The van der Waals surface area contributed by atoms with Crippen LogP contribution in [0.2, 0.25) is 0 Å². The Morgan fingerprint density at radius 3 is 2.14 bits per heavy atom. The number of azo groups is 1. The second kappa shape index (κ2) is 21.1. The first-order valence-corrected chi connectivity index (χ1v) is 23.5. The first-order valence-electron chi connectivity index (χ1n) is 20.5. The standard InChI is InChI=1S/C46H51N7O8S2/c1-4-5-6-7-8-12-15-38(54)30-47-33-16-18-36(19-17-33)53-62(56,57)39-23-20-35(21-24-39)49-50-41-29-43(61-3)42(26-31(41)2)51-52-45-44(63(58,59)60)28-32-27-37(22-25-40(32)46(45)55)48-34-13-10-9-11-14-34/h9-11,13-14,16-29,38,47-48,51,53-54H,4-8,12,15,30H2,1-3H3,(H,58,59,60)/b50-49+,52-45+. The molecule has 1 aliphatic carbocycles. The molecule has 0 saturated heterocycles. The number of nitrogens with one attached hydrogen (secondary N) is 4. The molecule has 6 N–H and O–H groups in total. The number of carbonyl (C=O) groups excluding carboxylic acids is 1. The summed E-state index contributed by atoms with van der Waals surface area (Å²) in [5, 5.41) is 29.4. The van der Waals surface area contributed by atoms with Gasteiger partial charge in [-0.05, 0) is 115 Å². The van der Waals surface area contributed by atoms with Gasteiger partial charge in [0.1, 0.15) is 10.7 Å². The van der Waals surface area contributed by atoms with Crippen molar-refractivity contribution in [1.82, 2.24) is 0 Å². The van der Waals surface area contributed by atoms with Gasteiger partial charge in [0.25, 0.3) is 20.1 Å². The smallest absolute Gasteiger partial charge is 0.296 e. The van der Waals surface area contributed by atoms with Crippen molar-refractivity contribution in [2.75, 3.05) is 34.4 Å². The summed E-state index contributed by atoms with van der Waals surface area (Å²) < 4.78 is 69.6. The van der Waals surface area contributed by atoms with Crippen LogP contribution in [-0.4, -0.2) is 57.7 Å². The summed E-state index contributed by atoms with van der Waals surface area (Å²) in [5.41, 5.74) is 6.83. The fraction of sp³-hybridized carbons (Fsp3) is 0.261. The SMILES string of the molecule is CCCCCCCCC(O)CNc1ccc(NS(=O)(=O)c2ccc(/N=N/c3cc(OC)c(N/N=C4/C(=O)c5ccc(Nc6ccccc6)cc5C=C4S(=O)(=O)O)cc3C)cc2)cc1. The normalized spacial score (nSPS) is 14.0. The molecule has 0 amide bonds. The van der Waals surface area contributed by atoms with Gasteiger partial charge in [-0.1, -0.05) is 63.6 Å². The maximum absolute atomic E-state index is 13.6. The van der Waals surface area contributed by atoms with Gasteiger partial charge in [-0.3, -0.25) is 19.5 Å². The number of ketones is 1. The van der Waals surface area contributed by atoms with E-state index in [2.05, 4.69) is 43.0 Å². The second-order valence-electron chi connectivity index (χ2n) is 15.0. The van der Waals surface area contributed by atoms with Crippen molar-refractivity contribution in [3.05, 3.63) is 131 Å². The minimum absolute atomic E-state index is 0.0214. The van der Waals surface area contributed by atoms with E-state index in [1.165, 1.54) is 63.1 Å². The first kappa shape index (κ1) is 46.1. The van der Waals surface area contributed by atoms with Gasteiger partial charge in [-0.25, -0.2) is 8.42 Å². The van der Waals surface area contributed by atoms with Crippen molar-refractivity contribution in [3.8, 4) is 5.75 Å². The number of benzene rings is 5. The monoisotopic (exact) mass is 893 g/mol. The van der Waals surface area contributed by atoms with Gasteiger partial charge in [0, 0.05) is 40.9 Å². The molecule has 0 saturated carbocycles. The average Bonchev–Trinajstić information content (AvgIpc) is 3.26. The van der Waals surface area contributed by atoms with Crippen molar-refractivity contribution in [1.29, 1.82) is 0 Å². The van der Waals surface area contributed by atoms with Gasteiger partial charge in [0.2, 0.25) is 5.78 Å². The van der Waals surface area contributed by atoms with Crippen molar-refractivity contribution in [2.45, 2.75) is 69.8 Å². The Morgan fingerprint density at radius 2 is 1.44 bits per heavy atom. The fourth-order valence-electron chi connectivity index (χ4n) is 6.74. The Balaban J connectivity index is 1.08. The quantitative estimate of drug-likeness (QED) is 0.0176. The van der Waals surface area contributed by atoms with Gasteiger partial charge in [-0.15, -0.1) is 0 Å². The number of fused-ring (bicyclic) bond motifs is 1. The Kier molecular flexibility index (Phi) is 15.5. The zero-order valence-corrected chi connectivity index (χ0v) is 36.8. The van der Waals surface area contributed by atoms with E-state index in [-0.39, 0.29) is 27.5 Å². The third-order valence-electron chi connectivity index (χ3n) is 10.2. The molecule has 0 radical (unpaired) electrons. The Hall–Kier alpha value is -6.40. The third-order valence-corrected chi connectivity index (χ3v) is 12.4. The number of aryl methyl sites for hydroxylation is 1. The van der Waals surface area contributed by atoms with Gasteiger partial charge >= 0.3 is 0 Å². The summed E-state index contributed by atoms with van der Waals surface area (Å²) >= 11 is 0. The summed E-state index contributed by atoms with van der Waals surface area (Å²) in [6, 6.07) is 30.0. The largest absolute Gasteiger partial charge is 0.494 e. The lowest BCUT2D eigenvalue weighted by molar-refractivity contribution is 0.106. The number of Topliss-reactive ketones (excluding diaryl/α,β-unsaturated/α-hetero) is 1. The van der Waals surface area contributed by atoms with Gasteiger partial charge in [0.15, 0.2) is 5.71 Å². The number of unbranched alkanes of at least 4 members (excludes halogenated alkanes) is 5. The van der Waals surface area contributed by atoms with E-state index >= 15 is 0 Å². The molecular formula is C46H51N7O8S2. The molecule has 1 atom stereocenters. The van der Waals surface area contributed by atoms with Gasteiger partial charge in [0.05, 0.1) is 35.2 Å². The van der Waals surface area contributed by atoms with Crippen LogP contribution >= 0.6 is 0 Å². The number of para-hydroxylation sites is 1. The molecule has 1 aliphatic rings. The predicted octanol–water partition coefficient (Wildman–Crippen LogP) is 10.4. The van der Waals surface area contributed by atoms with Crippen LogP contribution < -0.4 is 25.5 Å². The molecule has 0 aromatic heterocycles. The average molecular weight is 894 g/mol. The number of rotatable bonds is 21. The van der Waals surface area contributed by atoms with E-state index in [1.807, 2.05) is 30.3 Å². The van der Waals surface area contributed by atoms with E-state index in [9.17, 15) is 31.3 Å². The molecule has 0 fully saturated rings. The highest BCUT2D eigenvalue weighted by atomic mass is 32.2. The van der Waals surface area contributed by atoms with E-state index in [0.29, 0.717) is 34.9 Å². The molecular weight excluding hydrogens is 843 g/mol. The zero-order chi connectivity index (χ0) is 45.0. The number of hydrazone groups is 1. The number of sulfonamides is 1. The molecule has 0 heterocycles. The summed E-state index contributed by atoms with van der Waals surface area (Å²) in [6.45, 7) is 4.34. The van der Waals surface area contributed by atoms with Crippen LogP contribution in [0.1, 0.15) is 73.4 Å². The van der Waals surface area contributed by atoms with Crippen LogP contribution in [0.25, 0.3) is 6.08 Å². The van der Waals surface area contributed by atoms with Crippen molar-refractivity contribution in [2.24, 2.45) is 15.3 Å². The molecule has 1 unspecified atom stereocenters. The highest BCUT2D eigenvalue weighted by Gasteiger charge is 2.33. The minimum atomic E-state index is -4.88. The fourth-order valence-corrected chi connectivity index (χ4v) is 8.45. The molecule has 6 rings (SSSR count). The highest BCUT2D eigenvalue weighted by molar-refractivity contribution is 7.92. The second-order valence-corrected chi connectivity index (χ2v) is 18.1. The number of hydrogen-bond donors (Lipinski definition) is 6. The van der Waals surface area contributed by atoms with Crippen LogP contribution in [-0.2, 0) is 20.1 Å². The Bertz CT molecular complexity index is 2710. The number of aliphatic hydroxyl groups is 1. The minimum Gasteiger partial charge on any atom is -0.494 e. The molecule has 63 heavy (non-hydrogen) atoms. The number of ether oxygens (including phenoxy) is 1. The number of nitrogens with zero attached hydrogens (tertiary/aromatic N) is 3. The molecule has 15 nitrogen and oxygen atoms in total. The van der Waals surface area contributed by atoms with E-state index < -0.39 is 42.6 Å². The predicted molar refractivity (Wildman–Crippen MR) is 249 cm³/mol. The van der Waals surface area contributed by atoms with Crippen LogP contribution in [0.5, 0.6) is 5.75 Å². The lowest BCUT2D eigenvalue weighted by atomic mass is 9.94. The molecule has 330 valence electrons. The van der Waals surface area contributed by atoms with Gasteiger partial charge < -0.3 is 20.5 Å². The first-order chi connectivity index (χ1) is 30.2. The summed E-state index contributed by atoms with van der Waals surface area (Å²) in [6.07, 6.45) is 8.45. The number of hydrogen-bond acceptors (Lipinski definition) is 13. The van der Waals surface area contributed by atoms with Crippen LogP contribution in [0, 0.1) is 6.92 Å². The lowest BCUT2D eigenvalue weighted by Crippen LogP contribution is -2.27. The number of methoxy groups -OCH3 is 1. The topological polar surface area (TPSA) is 220 Å². The summed E-state index contributed by atoms with van der Waals surface area (Å²) in [4.78, 5) is 13.0. The van der Waals surface area contributed by atoms with Crippen LogP contribution in [0.15, 0.2) is 134 Å². The molecule has 0 spiro atoms. The number of allylic oxidation sites excluding steroid dienone is 1.